The Morgan fingerprint density at radius 3 is 2.64 bits per heavy atom. The molecule has 0 radical (unpaired) electrons. The maximum absolute atomic E-state index is 12.0. The van der Waals surface area contributed by atoms with Gasteiger partial charge in [-0.2, -0.15) is 0 Å². The zero-order chi connectivity index (χ0) is 18.2. The molecule has 1 fully saturated rings. The molecule has 0 aliphatic heterocycles. The minimum absolute atomic E-state index is 0.144. The summed E-state index contributed by atoms with van der Waals surface area (Å²) < 4.78 is 5.38. The highest BCUT2D eigenvalue weighted by atomic mass is 16.5. The topological polar surface area (TPSA) is 70.7 Å². The highest BCUT2D eigenvalue weighted by molar-refractivity contribution is 5.76. The van der Waals surface area contributed by atoms with Gasteiger partial charge in [0, 0.05) is 38.0 Å². The lowest BCUT2D eigenvalue weighted by molar-refractivity contribution is -0.130. The van der Waals surface area contributed by atoms with Crippen LogP contribution >= 0.6 is 0 Å². The van der Waals surface area contributed by atoms with Gasteiger partial charge in [-0.25, -0.2) is 4.79 Å². The van der Waals surface area contributed by atoms with Gasteiger partial charge in [-0.15, -0.1) is 0 Å². The van der Waals surface area contributed by atoms with Crippen LogP contribution in [0.1, 0.15) is 44.6 Å². The number of urea groups is 1. The van der Waals surface area contributed by atoms with Crippen LogP contribution in [0.25, 0.3) is 0 Å². The van der Waals surface area contributed by atoms with Gasteiger partial charge >= 0.3 is 6.03 Å². The number of nitrogens with one attached hydrogen (secondary N) is 2. The highest BCUT2D eigenvalue weighted by Gasteiger charge is 2.41. The van der Waals surface area contributed by atoms with Gasteiger partial charge in [0.15, 0.2) is 0 Å². The Balaban J connectivity index is 1.66. The molecule has 0 spiro atoms. The van der Waals surface area contributed by atoms with E-state index in [4.69, 9.17) is 4.74 Å². The van der Waals surface area contributed by atoms with Gasteiger partial charge in [-0.3, -0.25) is 4.79 Å². The maximum atomic E-state index is 12.0. The molecule has 1 aromatic rings. The minimum atomic E-state index is -0.169. The first-order valence-electron chi connectivity index (χ1n) is 9.05. The van der Waals surface area contributed by atoms with E-state index in [1.54, 1.807) is 7.11 Å². The number of carbonyl (C=O) groups excluding carboxylic acids is 2. The Kier molecular flexibility index (Phi) is 7.10. The molecule has 2 N–H and O–H groups in total. The second-order valence-corrected chi connectivity index (χ2v) is 6.26. The number of para-hydroxylation sites is 1. The van der Waals surface area contributed by atoms with Crippen LogP contribution in [0.15, 0.2) is 24.3 Å². The number of benzene rings is 1. The molecule has 1 aromatic carbocycles. The predicted octanol–water partition coefficient (Wildman–Crippen LogP) is 2.50. The number of amides is 3. The number of hydrogen-bond acceptors (Lipinski definition) is 3. The van der Waals surface area contributed by atoms with Crippen molar-refractivity contribution in [1.82, 2.24) is 15.5 Å². The molecule has 6 heteroatoms. The Labute approximate surface area is 149 Å². The lowest BCUT2D eigenvalue weighted by Gasteiger charge is -2.18. The molecule has 3 amide bonds. The number of hydrogen-bond donors (Lipinski definition) is 2. The average molecular weight is 347 g/mol. The van der Waals surface area contributed by atoms with Gasteiger partial charge < -0.3 is 20.3 Å². The second kappa shape index (κ2) is 9.30. The Morgan fingerprint density at radius 1 is 1.24 bits per heavy atom. The summed E-state index contributed by atoms with van der Waals surface area (Å²) in [5.74, 6) is 1.32. The van der Waals surface area contributed by atoms with Gasteiger partial charge in [-0.05, 0) is 38.3 Å². The summed E-state index contributed by atoms with van der Waals surface area (Å²) in [6.07, 6.45) is 2.05. The number of nitrogens with zero attached hydrogens (tertiary/aromatic N) is 1. The lowest BCUT2D eigenvalue weighted by Crippen LogP contribution is -2.38. The van der Waals surface area contributed by atoms with E-state index in [1.807, 2.05) is 43.0 Å². The molecule has 138 valence electrons. The van der Waals surface area contributed by atoms with Gasteiger partial charge in [-0.1, -0.05) is 18.2 Å². The zero-order valence-electron chi connectivity index (χ0n) is 15.4. The second-order valence-electron chi connectivity index (χ2n) is 6.26. The van der Waals surface area contributed by atoms with Crippen LogP contribution in [-0.2, 0) is 4.79 Å². The van der Waals surface area contributed by atoms with Crippen molar-refractivity contribution >= 4 is 11.9 Å². The largest absolute Gasteiger partial charge is 0.496 e. The van der Waals surface area contributed by atoms with Crippen LogP contribution in [0.2, 0.25) is 0 Å². The fourth-order valence-corrected chi connectivity index (χ4v) is 3.07. The molecule has 1 saturated carbocycles. The van der Waals surface area contributed by atoms with Crippen molar-refractivity contribution in [2.24, 2.45) is 0 Å². The molecule has 0 heterocycles. The summed E-state index contributed by atoms with van der Waals surface area (Å²) in [5, 5.41) is 5.82. The van der Waals surface area contributed by atoms with E-state index >= 15 is 0 Å². The number of rotatable bonds is 9. The smallest absolute Gasteiger partial charge is 0.315 e. The summed E-state index contributed by atoms with van der Waals surface area (Å²) in [6.45, 7) is 5.91. The first kappa shape index (κ1) is 19.1. The predicted molar refractivity (Wildman–Crippen MR) is 97.8 cm³/mol. The molecule has 25 heavy (non-hydrogen) atoms. The van der Waals surface area contributed by atoms with Gasteiger partial charge in [0.25, 0.3) is 0 Å². The fourth-order valence-electron chi connectivity index (χ4n) is 3.07. The van der Waals surface area contributed by atoms with Crippen LogP contribution in [0.5, 0.6) is 5.75 Å². The van der Waals surface area contributed by atoms with E-state index in [2.05, 4.69) is 10.6 Å². The van der Waals surface area contributed by atoms with Gasteiger partial charge in [0.2, 0.25) is 5.91 Å². The fraction of sp³-hybridized carbons (Fsp3) is 0.579. The summed E-state index contributed by atoms with van der Waals surface area (Å²) in [5.41, 5.74) is 1.14. The number of methoxy groups -OCH3 is 1. The average Bonchev–Trinajstić information content (AvgIpc) is 3.38. The molecular weight excluding hydrogens is 318 g/mol. The lowest BCUT2D eigenvalue weighted by atomic mass is 10.1. The quantitative estimate of drug-likeness (QED) is 0.674. The molecule has 1 aliphatic rings. The molecule has 0 bridgehead atoms. The first-order valence-corrected chi connectivity index (χ1v) is 9.05. The van der Waals surface area contributed by atoms with Crippen LogP contribution in [0.3, 0.4) is 0 Å². The van der Waals surface area contributed by atoms with Gasteiger partial charge in [0.1, 0.15) is 5.75 Å². The van der Waals surface area contributed by atoms with E-state index in [0.29, 0.717) is 25.3 Å². The van der Waals surface area contributed by atoms with Crippen molar-refractivity contribution in [3.8, 4) is 5.75 Å². The molecule has 1 aliphatic carbocycles. The molecular formula is C19H29N3O3. The van der Waals surface area contributed by atoms with Gasteiger partial charge in [0.05, 0.1) is 7.11 Å². The molecule has 6 nitrogen and oxygen atoms in total. The van der Waals surface area contributed by atoms with Crippen molar-refractivity contribution < 1.29 is 14.3 Å². The SMILES string of the molecule is CCN(CC)C(=O)CCCNC(=O)N[C@H]1C[C@@H]1c1ccccc1OC. The third-order valence-corrected chi connectivity index (χ3v) is 4.61. The Morgan fingerprint density at radius 2 is 1.96 bits per heavy atom. The van der Waals surface area contributed by atoms with E-state index in [0.717, 1.165) is 30.8 Å². The molecule has 0 aromatic heterocycles. The Bertz CT molecular complexity index is 587. The molecule has 0 unspecified atom stereocenters. The molecule has 2 rings (SSSR count). The summed E-state index contributed by atoms with van der Waals surface area (Å²) >= 11 is 0. The van der Waals surface area contributed by atoms with E-state index in [1.165, 1.54) is 0 Å². The van der Waals surface area contributed by atoms with E-state index in [9.17, 15) is 9.59 Å². The number of ether oxygens (including phenoxy) is 1. The third-order valence-electron chi connectivity index (χ3n) is 4.61. The summed E-state index contributed by atoms with van der Waals surface area (Å²) in [7, 11) is 1.66. The third kappa shape index (κ3) is 5.37. The Hall–Kier alpha value is -2.24. The zero-order valence-corrected chi connectivity index (χ0v) is 15.4. The first-order chi connectivity index (χ1) is 12.1. The van der Waals surface area contributed by atoms with Crippen molar-refractivity contribution in [2.45, 2.75) is 45.1 Å². The number of carbonyl (C=O) groups is 2. The van der Waals surface area contributed by atoms with Crippen LogP contribution < -0.4 is 15.4 Å². The normalized spacial score (nSPS) is 18.4. The summed E-state index contributed by atoms with van der Waals surface area (Å²) in [6, 6.07) is 7.89. The van der Waals surface area contributed by atoms with Crippen molar-refractivity contribution in [3.63, 3.8) is 0 Å². The standard InChI is InChI=1S/C19H29N3O3/c1-4-22(5-2)18(23)11-8-12-20-19(24)21-16-13-15(16)14-9-6-7-10-17(14)25-3/h6-7,9-10,15-16H,4-5,8,11-13H2,1-3H3,(H2,20,21,24)/t15-,16+/m1/s1. The van der Waals surface area contributed by atoms with Crippen molar-refractivity contribution in [2.75, 3.05) is 26.7 Å². The van der Waals surface area contributed by atoms with E-state index < -0.39 is 0 Å². The molecule has 0 saturated heterocycles. The van der Waals surface area contributed by atoms with Crippen molar-refractivity contribution in [1.29, 1.82) is 0 Å². The van der Waals surface area contributed by atoms with E-state index in [-0.39, 0.29) is 18.0 Å². The highest BCUT2D eigenvalue weighted by Crippen LogP contribution is 2.44. The minimum Gasteiger partial charge on any atom is -0.496 e. The van der Waals surface area contributed by atoms with Crippen LogP contribution in [0.4, 0.5) is 4.79 Å². The summed E-state index contributed by atoms with van der Waals surface area (Å²) in [4.78, 5) is 25.7. The monoisotopic (exact) mass is 347 g/mol. The molecule has 2 atom stereocenters. The van der Waals surface area contributed by atoms with Crippen LogP contribution in [-0.4, -0.2) is 49.6 Å². The van der Waals surface area contributed by atoms with Crippen molar-refractivity contribution in [3.05, 3.63) is 29.8 Å². The maximum Gasteiger partial charge on any atom is 0.315 e. The van der Waals surface area contributed by atoms with Crippen LogP contribution in [0, 0.1) is 0 Å².